The minimum atomic E-state index is -0.635. The largest absolute Gasteiger partial charge is 0.508 e. The number of amides is 1. The molecule has 0 aliphatic carbocycles. The lowest BCUT2D eigenvalue weighted by Gasteiger charge is -2.09. The molecule has 0 spiro atoms. The summed E-state index contributed by atoms with van der Waals surface area (Å²) in [4.78, 5) is 12.0. The van der Waals surface area contributed by atoms with Gasteiger partial charge in [-0.25, -0.2) is 4.39 Å². The van der Waals surface area contributed by atoms with Gasteiger partial charge in [0.15, 0.2) is 5.82 Å². The lowest BCUT2D eigenvalue weighted by molar-refractivity contribution is 0.100. The molecule has 4 rings (SSSR count). The highest BCUT2D eigenvalue weighted by atomic mass is 19.1. The molecule has 3 aromatic carbocycles. The third-order valence-corrected chi connectivity index (χ3v) is 4.70. The molecule has 1 heterocycles. The van der Waals surface area contributed by atoms with Crippen LogP contribution in [-0.2, 0) is 6.54 Å². The van der Waals surface area contributed by atoms with E-state index in [0.717, 1.165) is 16.9 Å². The van der Waals surface area contributed by atoms with Gasteiger partial charge in [0, 0.05) is 23.6 Å². The van der Waals surface area contributed by atoms with Crippen LogP contribution in [0.4, 0.5) is 33.1 Å². The normalized spacial score (nSPS) is 10.5. The molecule has 8 nitrogen and oxygen atoms in total. The Morgan fingerprint density at radius 3 is 2.06 bits per heavy atom. The van der Waals surface area contributed by atoms with E-state index in [4.69, 9.17) is 5.73 Å². The fourth-order valence-electron chi connectivity index (χ4n) is 3.08. The first-order valence-electron chi connectivity index (χ1n) is 9.77. The zero-order chi connectivity index (χ0) is 22.5. The number of aromatic nitrogens is 2. The number of rotatable bonds is 8. The lowest BCUT2D eigenvalue weighted by atomic mass is 10.2. The third-order valence-electron chi connectivity index (χ3n) is 4.70. The summed E-state index contributed by atoms with van der Waals surface area (Å²) in [6.07, 6.45) is 0. The molecule has 1 amide bonds. The van der Waals surface area contributed by atoms with E-state index in [1.54, 1.807) is 36.4 Å². The second kappa shape index (κ2) is 9.09. The Bertz CT molecular complexity index is 1200. The molecule has 0 atom stereocenters. The van der Waals surface area contributed by atoms with Crippen molar-refractivity contribution in [3.05, 3.63) is 89.7 Å². The summed E-state index contributed by atoms with van der Waals surface area (Å²) in [7, 11) is 0. The van der Waals surface area contributed by atoms with Gasteiger partial charge in [0.05, 0.1) is 0 Å². The van der Waals surface area contributed by atoms with Crippen LogP contribution in [0.25, 0.3) is 0 Å². The third kappa shape index (κ3) is 4.96. The Hall–Kier alpha value is -4.53. The molecular formula is C23H21FN6O2. The number of carbonyl (C=O) groups excluding carboxylic acids is 1. The summed E-state index contributed by atoms with van der Waals surface area (Å²) < 4.78 is 13.0. The number of benzene rings is 3. The smallest absolute Gasteiger partial charge is 0.256 e. The van der Waals surface area contributed by atoms with Crippen molar-refractivity contribution in [3.8, 4) is 5.75 Å². The minimum absolute atomic E-state index is 0.179. The SMILES string of the molecule is NC(=O)c1c(Nc2ccc(Nc3ccc(F)cc3)cc2)n[nH]c1NCc1ccc(O)cc1. The van der Waals surface area contributed by atoms with Crippen molar-refractivity contribution in [2.75, 3.05) is 16.0 Å². The highest BCUT2D eigenvalue weighted by molar-refractivity contribution is 6.03. The molecule has 0 saturated heterocycles. The van der Waals surface area contributed by atoms with E-state index in [1.165, 1.54) is 12.1 Å². The van der Waals surface area contributed by atoms with Crippen LogP contribution in [0.3, 0.4) is 0 Å². The number of hydrogen-bond acceptors (Lipinski definition) is 6. The van der Waals surface area contributed by atoms with Crippen LogP contribution in [0, 0.1) is 5.82 Å². The predicted octanol–water partition coefficient (Wildman–Crippen LogP) is 4.45. The Labute approximate surface area is 183 Å². The summed E-state index contributed by atoms with van der Waals surface area (Å²) in [5.74, 6) is -0.0635. The quantitative estimate of drug-likeness (QED) is 0.244. The number of H-pyrrole nitrogens is 1. The van der Waals surface area contributed by atoms with E-state index in [9.17, 15) is 14.3 Å². The Kier molecular flexibility index (Phi) is 5.89. The van der Waals surface area contributed by atoms with Crippen LogP contribution in [0.5, 0.6) is 5.75 Å². The van der Waals surface area contributed by atoms with Gasteiger partial charge < -0.3 is 26.8 Å². The van der Waals surface area contributed by atoms with E-state index in [2.05, 4.69) is 26.1 Å². The van der Waals surface area contributed by atoms with Crippen molar-refractivity contribution in [3.63, 3.8) is 0 Å². The number of phenols is 1. The molecule has 0 aliphatic rings. The molecule has 4 aromatic rings. The first kappa shape index (κ1) is 20.7. The summed E-state index contributed by atoms with van der Waals surface area (Å²) in [6, 6.07) is 20.1. The summed E-state index contributed by atoms with van der Waals surface area (Å²) in [5.41, 5.74) is 8.97. The molecule has 1 aromatic heterocycles. The number of aromatic hydroxyl groups is 1. The second-order valence-corrected chi connectivity index (χ2v) is 7.04. The van der Waals surface area contributed by atoms with E-state index in [-0.39, 0.29) is 17.1 Å². The minimum Gasteiger partial charge on any atom is -0.508 e. The van der Waals surface area contributed by atoms with Gasteiger partial charge in [-0.15, -0.1) is 0 Å². The number of nitrogens with one attached hydrogen (secondary N) is 4. The number of primary amides is 1. The van der Waals surface area contributed by atoms with E-state index in [0.29, 0.717) is 23.9 Å². The van der Waals surface area contributed by atoms with Gasteiger partial charge in [0.25, 0.3) is 5.91 Å². The van der Waals surface area contributed by atoms with E-state index < -0.39 is 5.91 Å². The number of aromatic amines is 1. The monoisotopic (exact) mass is 432 g/mol. The molecule has 32 heavy (non-hydrogen) atoms. The standard InChI is InChI=1S/C23H21FN6O2/c24-15-3-5-16(6-4-15)27-17-7-9-18(10-8-17)28-23-20(21(25)32)22(29-30-23)26-13-14-1-11-19(31)12-2-14/h1-12,27,31H,13H2,(H2,25,32)(H3,26,28,29,30). The van der Waals surface area contributed by atoms with Gasteiger partial charge in [0.2, 0.25) is 0 Å². The molecule has 0 aliphatic heterocycles. The van der Waals surface area contributed by atoms with Gasteiger partial charge in [-0.1, -0.05) is 12.1 Å². The van der Waals surface area contributed by atoms with Crippen LogP contribution in [-0.4, -0.2) is 21.2 Å². The van der Waals surface area contributed by atoms with Crippen LogP contribution in [0.15, 0.2) is 72.8 Å². The summed E-state index contributed by atoms with van der Waals surface area (Å²) in [5, 5.41) is 25.7. The maximum atomic E-state index is 13.0. The van der Waals surface area contributed by atoms with Crippen LogP contribution < -0.4 is 21.7 Å². The zero-order valence-electron chi connectivity index (χ0n) is 16.9. The van der Waals surface area contributed by atoms with Gasteiger partial charge in [0.1, 0.15) is 22.9 Å². The molecule has 7 N–H and O–H groups in total. The van der Waals surface area contributed by atoms with Crippen molar-refractivity contribution in [1.82, 2.24) is 10.2 Å². The van der Waals surface area contributed by atoms with Crippen LogP contribution in [0.2, 0.25) is 0 Å². The number of halogens is 1. The molecule has 0 bridgehead atoms. The van der Waals surface area contributed by atoms with Gasteiger partial charge in [-0.2, -0.15) is 5.10 Å². The van der Waals surface area contributed by atoms with Crippen molar-refractivity contribution in [2.24, 2.45) is 5.73 Å². The maximum absolute atomic E-state index is 13.0. The average Bonchev–Trinajstić information content (AvgIpc) is 3.19. The predicted molar refractivity (Wildman–Crippen MR) is 122 cm³/mol. The van der Waals surface area contributed by atoms with Gasteiger partial charge in [-0.3, -0.25) is 9.89 Å². The van der Waals surface area contributed by atoms with E-state index >= 15 is 0 Å². The van der Waals surface area contributed by atoms with Crippen LogP contribution >= 0.6 is 0 Å². The number of hydrogen-bond donors (Lipinski definition) is 6. The molecular weight excluding hydrogens is 411 g/mol. The fourth-order valence-corrected chi connectivity index (χ4v) is 3.08. The lowest BCUT2D eigenvalue weighted by Crippen LogP contribution is -2.15. The topological polar surface area (TPSA) is 128 Å². The summed E-state index contributed by atoms with van der Waals surface area (Å²) in [6.45, 7) is 0.409. The van der Waals surface area contributed by atoms with Gasteiger partial charge in [-0.05, 0) is 66.2 Å². The second-order valence-electron chi connectivity index (χ2n) is 7.04. The number of nitrogens with two attached hydrogens (primary N) is 1. The first-order valence-corrected chi connectivity index (χ1v) is 9.77. The Balaban J connectivity index is 1.44. The molecule has 162 valence electrons. The van der Waals surface area contributed by atoms with Crippen molar-refractivity contribution < 1.29 is 14.3 Å². The fraction of sp³-hybridized carbons (Fsp3) is 0.0435. The Morgan fingerprint density at radius 1 is 0.906 bits per heavy atom. The van der Waals surface area contributed by atoms with Crippen molar-refractivity contribution >= 4 is 34.6 Å². The van der Waals surface area contributed by atoms with Crippen LogP contribution in [0.1, 0.15) is 15.9 Å². The number of nitrogens with zero attached hydrogens (tertiary/aromatic N) is 1. The molecule has 0 unspecified atom stereocenters. The highest BCUT2D eigenvalue weighted by Gasteiger charge is 2.18. The number of carbonyl (C=O) groups is 1. The maximum Gasteiger partial charge on any atom is 0.256 e. The number of phenolic OH excluding ortho intramolecular Hbond substituents is 1. The molecule has 0 fully saturated rings. The van der Waals surface area contributed by atoms with E-state index in [1.807, 2.05) is 24.3 Å². The first-order chi connectivity index (χ1) is 15.5. The zero-order valence-corrected chi connectivity index (χ0v) is 16.9. The average molecular weight is 432 g/mol. The number of anilines is 5. The van der Waals surface area contributed by atoms with Crippen molar-refractivity contribution in [1.29, 1.82) is 0 Å². The molecule has 0 radical (unpaired) electrons. The van der Waals surface area contributed by atoms with Gasteiger partial charge >= 0.3 is 0 Å². The summed E-state index contributed by atoms with van der Waals surface area (Å²) >= 11 is 0. The Morgan fingerprint density at radius 2 is 1.47 bits per heavy atom. The molecule has 0 saturated carbocycles. The highest BCUT2D eigenvalue weighted by Crippen LogP contribution is 2.26. The van der Waals surface area contributed by atoms with Crippen molar-refractivity contribution in [2.45, 2.75) is 6.54 Å². The molecule has 9 heteroatoms.